The molecule has 0 atom stereocenters. The predicted octanol–water partition coefficient (Wildman–Crippen LogP) is 5.02. The lowest BCUT2D eigenvalue weighted by molar-refractivity contribution is -0.134. The van der Waals surface area contributed by atoms with Crippen LogP contribution in [0, 0.1) is 0 Å². The molecule has 0 N–H and O–H groups in total. The van der Waals surface area contributed by atoms with Crippen molar-refractivity contribution in [2.75, 3.05) is 6.54 Å². The summed E-state index contributed by atoms with van der Waals surface area (Å²) in [4.78, 5) is 26.2. The van der Waals surface area contributed by atoms with Crippen LogP contribution in [0.4, 0.5) is 0 Å². The van der Waals surface area contributed by atoms with Crippen LogP contribution in [-0.4, -0.2) is 23.3 Å². The molecule has 1 aliphatic heterocycles. The van der Waals surface area contributed by atoms with Crippen LogP contribution in [0.5, 0.6) is 5.75 Å². The molecule has 0 fully saturated rings. The zero-order chi connectivity index (χ0) is 19.0. The molecule has 134 valence electrons. The number of halogens is 1. The number of fused-ring (bicyclic) bond motifs is 2. The molecule has 1 heterocycles. The van der Waals surface area contributed by atoms with Crippen molar-refractivity contribution in [3.63, 3.8) is 0 Å². The van der Waals surface area contributed by atoms with E-state index in [0.717, 1.165) is 20.8 Å². The number of ether oxygens (including phenoxy) is 1. The number of rotatable bonds is 4. The molecule has 0 spiro atoms. The average Bonchev–Trinajstić information content (AvgIpc) is 2.91. The smallest absolute Gasteiger partial charge is 0.312 e. The Morgan fingerprint density at radius 1 is 1.00 bits per heavy atom. The Labute approximate surface area is 165 Å². The molecule has 0 bridgehead atoms. The van der Waals surface area contributed by atoms with Crippen LogP contribution in [0.3, 0.4) is 0 Å². The number of amides is 1. The summed E-state index contributed by atoms with van der Waals surface area (Å²) < 4.78 is 6.44. The first-order valence-electron chi connectivity index (χ1n) is 8.53. The Bertz CT molecular complexity index is 1050. The minimum absolute atomic E-state index is 0.0944. The molecule has 3 aromatic carbocycles. The van der Waals surface area contributed by atoms with Gasteiger partial charge in [0.25, 0.3) is 5.91 Å². The molecule has 0 saturated heterocycles. The number of esters is 1. The number of benzene rings is 3. The highest BCUT2D eigenvalue weighted by atomic mass is 79.9. The van der Waals surface area contributed by atoms with Gasteiger partial charge in [-0.2, -0.15) is 0 Å². The van der Waals surface area contributed by atoms with E-state index in [4.69, 9.17) is 4.74 Å². The van der Waals surface area contributed by atoms with E-state index < -0.39 is 0 Å². The summed E-state index contributed by atoms with van der Waals surface area (Å²) in [5.74, 6) is -0.0209. The zero-order valence-electron chi connectivity index (χ0n) is 14.4. The molecule has 1 aliphatic rings. The Kier molecular flexibility index (Phi) is 4.54. The lowest BCUT2D eigenvalue weighted by Crippen LogP contribution is -2.26. The molecule has 0 radical (unpaired) electrons. The van der Waals surface area contributed by atoms with Crippen LogP contribution in [0.25, 0.3) is 16.5 Å². The molecule has 0 unspecified atom stereocenters. The molecule has 4 rings (SSSR count). The van der Waals surface area contributed by atoms with Gasteiger partial charge >= 0.3 is 5.97 Å². The van der Waals surface area contributed by atoms with Gasteiger partial charge in [0.2, 0.25) is 0 Å². The lowest BCUT2D eigenvalue weighted by atomic mass is 10.1. The van der Waals surface area contributed by atoms with Gasteiger partial charge in [0, 0.05) is 27.8 Å². The normalized spacial score (nSPS) is 13.1. The van der Waals surface area contributed by atoms with Crippen molar-refractivity contribution in [3.8, 4) is 5.75 Å². The Balaban J connectivity index is 1.41. The van der Waals surface area contributed by atoms with E-state index in [-0.39, 0.29) is 24.8 Å². The number of hydrogen-bond acceptors (Lipinski definition) is 3. The fraction of sp³-hybridized carbons (Fsp3) is 0.0909. The van der Waals surface area contributed by atoms with Crippen LogP contribution in [0.1, 0.15) is 22.3 Å². The topological polar surface area (TPSA) is 46.6 Å². The molecule has 3 aromatic rings. The zero-order valence-corrected chi connectivity index (χ0v) is 16.0. The van der Waals surface area contributed by atoms with Gasteiger partial charge < -0.3 is 9.64 Å². The van der Waals surface area contributed by atoms with Crippen molar-refractivity contribution in [1.29, 1.82) is 0 Å². The first-order chi connectivity index (χ1) is 13.0. The van der Waals surface area contributed by atoms with Gasteiger partial charge in [-0.25, -0.2) is 0 Å². The maximum absolute atomic E-state index is 12.5. The highest BCUT2D eigenvalue weighted by Crippen LogP contribution is 2.31. The monoisotopic (exact) mass is 421 g/mol. The largest absolute Gasteiger partial charge is 0.426 e. The highest BCUT2D eigenvalue weighted by Gasteiger charge is 2.30. The van der Waals surface area contributed by atoms with Crippen LogP contribution in [0.15, 0.2) is 71.7 Å². The second kappa shape index (κ2) is 7.00. The Morgan fingerprint density at radius 3 is 2.48 bits per heavy atom. The summed E-state index contributed by atoms with van der Waals surface area (Å²) in [6.45, 7) is 4.22. The SMILES string of the molecule is C=C1c2ccccc2C(=O)N1CCC(=O)Oc1ccc2cc(Br)ccc2c1. The van der Waals surface area contributed by atoms with Gasteiger partial charge in [0.1, 0.15) is 5.75 Å². The fourth-order valence-corrected chi connectivity index (χ4v) is 3.59. The van der Waals surface area contributed by atoms with E-state index in [0.29, 0.717) is 17.0 Å². The molecular weight excluding hydrogens is 406 g/mol. The van der Waals surface area contributed by atoms with Crippen molar-refractivity contribution in [2.45, 2.75) is 6.42 Å². The number of carbonyl (C=O) groups is 2. The second-order valence-electron chi connectivity index (χ2n) is 6.33. The van der Waals surface area contributed by atoms with Crippen molar-refractivity contribution >= 4 is 44.3 Å². The summed E-state index contributed by atoms with van der Waals surface area (Å²) in [6.07, 6.45) is 0.0944. The summed E-state index contributed by atoms with van der Waals surface area (Å²) in [7, 11) is 0. The van der Waals surface area contributed by atoms with E-state index in [1.165, 1.54) is 4.90 Å². The van der Waals surface area contributed by atoms with E-state index in [9.17, 15) is 9.59 Å². The first kappa shape index (κ1) is 17.5. The third kappa shape index (κ3) is 3.38. The summed E-state index contributed by atoms with van der Waals surface area (Å²) >= 11 is 3.44. The van der Waals surface area contributed by atoms with Gasteiger partial charge in [-0.05, 0) is 41.1 Å². The van der Waals surface area contributed by atoms with Crippen molar-refractivity contribution in [2.24, 2.45) is 0 Å². The van der Waals surface area contributed by atoms with Crippen molar-refractivity contribution in [3.05, 3.63) is 82.8 Å². The average molecular weight is 422 g/mol. The van der Waals surface area contributed by atoms with E-state index in [1.807, 2.05) is 48.5 Å². The van der Waals surface area contributed by atoms with E-state index in [2.05, 4.69) is 22.5 Å². The number of hydrogen-bond donors (Lipinski definition) is 0. The minimum Gasteiger partial charge on any atom is -0.426 e. The van der Waals surface area contributed by atoms with E-state index >= 15 is 0 Å². The van der Waals surface area contributed by atoms with Crippen molar-refractivity contribution in [1.82, 2.24) is 4.90 Å². The number of carbonyl (C=O) groups excluding carboxylic acids is 2. The molecule has 4 nitrogen and oxygen atoms in total. The summed E-state index contributed by atoms with van der Waals surface area (Å²) in [6, 6.07) is 18.7. The molecule has 0 aromatic heterocycles. The fourth-order valence-electron chi connectivity index (χ4n) is 3.21. The van der Waals surface area contributed by atoms with Gasteiger partial charge in [0.15, 0.2) is 0 Å². The third-order valence-corrected chi connectivity index (χ3v) is 5.08. The standard InChI is InChI=1S/C22H16BrNO3/c1-14-19-4-2-3-5-20(19)22(26)24(14)11-10-21(25)27-18-9-7-15-12-17(23)8-6-16(15)13-18/h2-9,12-13H,1,10-11H2. The summed E-state index contributed by atoms with van der Waals surface area (Å²) in [5, 5.41) is 2.04. The van der Waals surface area contributed by atoms with Crippen LogP contribution < -0.4 is 4.74 Å². The van der Waals surface area contributed by atoms with Gasteiger partial charge in [-0.1, -0.05) is 52.8 Å². The van der Waals surface area contributed by atoms with Crippen LogP contribution in [-0.2, 0) is 4.79 Å². The van der Waals surface area contributed by atoms with Crippen LogP contribution >= 0.6 is 15.9 Å². The molecule has 0 saturated carbocycles. The Hall–Kier alpha value is -2.92. The third-order valence-electron chi connectivity index (χ3n) is 4.58. The van der Waals surface area contributed by atoms with Gasteiger partial charge in [-0.3, -0.25) is 9.59 Å². The summed E-state index contributed by atoms with van der Waals surface area (Å²) in [5.41, 5.74) is 2.06. The van der Waals surface area contributed by atoms with E-state index in [1.54, 1.807) is 12.1 Å². The van der Waals surface area contributed by atoms with Crippen molar-refractivity contribution < 1.29 is 14.3 Å². The molecular formula is C22H16BrNO3. The predicted molar refractivity (Wildman–Crippen MR) is 108 cm³/mol. The first-order valence-corrected chi connectivity index (χ1v) is 9.32. The molecule has 0 aliphatic carbocycles. The van der Waals surface area contributed by atoms with Gasteiger partial charge in [-0.15, -0.1) is 0 Å². The Morgan fingerprint density at radius 2 is 1.70 bits per heavy atom. The molecule has 1 amide bonds. The second-order valence-corrected chi connectivity index (χ2v) is 7.24. The van der Waals surface area contributed by atoms with Gasteiger partial charge in [0.05, 0.1) is 6.42 Å². The van der Waals surface area contributed by atoms with Crippen LogP contribution in [0.2, 0.25) is 0 Å². The minimum atomic E-state index is -0.386. The maximum Gasteiger partial charge on any atom is 0.312 e. The molecule has 5 heteroatoms. The quantitative estimate of drug-likeness (QED) is 0.438. The highest BCUT2D eigenvalue weighted by molar-refractivity contribution is 9.10. The molecule has 27 heavy (non-hydrogen) atoms. The number of nitrogens with zero attached hydrogens (tertiary/aromatic N) is 1. The lowest BCUT2D eigenvalue weighted by Gasteiger charge is -2.16. The maximum atomic E-state index is 12.5.